The van der Waals surface area contributed by atoms with E-state index >= 15 is 0 Å². The Kier molecular flexibility index (Phi) is 5.91. The van der Waals surface area contributed by atoms with Gasteiger partial charge >= 0.3 is 0 Å². The summed E-state index contributed by atoms with van der Waals surface area (Å²) in [4.78, 5) is 0. The Morgan fingerprint density at radius 1 is 1.44 bits per heavy atom. The van der Waals surface area contributed by atoms with Crippen molar-refractivity contribution in [2.75, 3.05) is 17.1 Å². The molecule has 102 valence electrons. The van der Waals surface area contributed by atoms with Crippen LogP contribution in [0.3, 0.4) is 0 Å². The van der Waals surface area contributed by atoms with E-state index in [1.807, 2.05) is 13.8 Å². The van der Waals surface area contributed by atoms with E-state index in [-0.39, 0.29) is 18.5 Å². The monoisotopic (exact) mass is 355 g/mol. The SMILES string of the molecule is CC(C)OCCS(=O)(=O)Nc1ccc(Br)c(Cl)c1. The molecule has 0 fully saturated rings. The van der Waals surface area contributed by atoms with Gasteiger partial charge in [0, 0.05) is 4.47 Å². The molecule has 0 spiro atoms. The summed E-state index contributed by atoms with van der Waals surface area (Å²) in [5.74, 6) is -0.0845. The van der Waals surface area contributed by atoms with E-state index in [1.54, 1.807) is 18.2 Å². The summed E-state index contributed by atoms with van der Waals surface area (Å²) in [6, 6.07) is 4.87. The van der Waals surface area contributed by atoms with E-state index in [1.165, 1.54) is 0 Å². The van der Waals surface area contributed by atoms with Gasteiger partial charge in [-0.2, -0.15) is 0 Å². The molecule has 0 bridgehead atoms. The van der Waals surface area contributed by atoms with Crippen molar-refractivity contribution in [2.24, 2.45) is 0 Å². The average Bonchev–Trinajstić information content (AvgIpc) is 2.22. The highest BCUT2D eigenvalue weighted by Crippen LogP contribution is 2.25. The first-order chi connectivity index (χ1) is 8.30. The van der Waals surface area contributed by atoms with Gasteiger partial charge in [-0.15, -0.1) is 0 Å². The number of anilines is 1. The number of rotatable bonds is 6. The molecular formula is C11H15BrClNO3S. The Balaban J connectivity index is 2.62. The number of hydrogen-bond acceptors (Lipinski definition) is 3. The first-order valence-corrected chi connectivity index (χ1v) is 8.19. The average molecular weight is 357 g/mol. The van der Waals surface area contributed by atoms with Crippen LogP contribution in [0.15, 0.2) is 22.7 Å². The molecule has 0 aliphatic rings. The molecule has 0 amide bonds. The van der Waals surface area contributed by atoms with Crippen LogP contribution < -0.4 is 4.72 Å². The third-order valence-electron chi connectivity index (χ3n) is 2.00. The molecular weight excluding hydrogens is 342 g/mol. The van der Waals surface area contributed by atoms with Crippen LogP contribution >= 0.6 is 27.5 Å². The minimum absolute atomic E-state index is 0.0160. The van der Waals surface area contributed by atoms with Crippen molar-refractivity contribution in [3.8, 4) is 0 Å². The topological polar surface area (TPSA) is 55.4 Å². The Morgan fingerprint density at radius 2 is 2.11 bits per heavy atom. The second-order valence-corrected chi connectivity index (χ2v) is 7.07. The van der Waals surface area contributed by atoms with Gasteiger partial charge in [-0.1, -0.05) is 11.6 Å². The molecule has 0 heterocycles. The largest absolute Gasteiger partial charge is 0.378 e. The highest BCUT2D eigenvalue weighted by Gasteiger charge is 2.11. The van der Waals surface area contributed by atoms with E-state index in [4.69, 9.17) is 16.3 Å². The zero-order valence-electron chi connectivity index (χ0n) is 10.1. The second kappa shape index (κ2) is 6.75. The van der Waals surface area contributed by atoms with Gasteiger partial charge in [0.1, 0.15) is 0 Å². The van der Waals surface area contributed by atoms with Crippen molar-refractivity contribution in [2.45, 2.75) is 20.0 Å². The quantitative estimate of drug-likeness (QED) is 0.851. The fraction of sp³-hybridized carbons (Fsp3) is 0.455. The van der Waals surface area contributed by atoms with Crippen molar-refractivity contribution in [3.63, 3.8) is 0 Å². The smallest absolute Gasteiger partial charge is 0.235 e. The van der Waals surface area contributed by atoms with Crippen LogP contribution in [0.4, 0.5) is 5.69 Å². The van der Waals surface area contributed by atoms with E-state index < -0.39 is 10.0 Å². The molecule has 0 saturated carbocycles. The lowest BCUT2D eigenvalue weighted by Crippen LogP contribution is -2.21. The summed E-state index contributed by atoms with van der Waals surface area (Å²) in [6.45, 7) is 3.88. The normalized spacial score (nSPS) is 11.8. The molecule has 0 atom stereocenters. The summed E-state index contributed by atoms with van der Waals surface area (Å²) in [5.41, 5.74) is 0.438. The van der Waals surface area contributed by atoms with Crippen LogP contribution in [0.1, 0.15) is 13.8 Å². The molecule has 0 aliphatic heterocycles. The molecule has 0 aliphatic carbocycles. The van der Waals surface area contributed by atoms with Crippen LogP contribution in [0, 0.1) is 0 Å². The zero-order valence-corrected chi connectivity index (χ0v) is 13.3. The van der Waals surface area contributed by atoms with E-state index in [2.05, 4.69) is 20.7 Å². The number of nitrogens with one attached hydrogen (secondary N) is 1. The van der Waals surface area contributed by atoms with Gasteiger partial charge in [0.15, 0.2) is 0 Å². The minimum Gasteiger partial charge on any atom is -0.378 e. The van der Waals surface area contributed by atoms with E-state index in [0.717, 1.165) is 4.47 Å². The lowest BCUT2D eigenvalue weighted by molar-refractivity contribution is 0.0913. The van der Waals surface area contributed by atoms with E-state index in [0.29, 0.717) is 10.7 Å². The van der Waals surface area contributed by atoms with Gasteiger partial charge in [0.2, 0.25) is 10.0 Å². The maximum atomic E-state index is 11.7. The third kappa shape index (κ3) is 5.56. The highest BCUT2D eigenvalue weighted by molar-refractivity contribution is 9.10. The van der Waals surface area contributed by atoms with Gasteiger partial charge in [-0.3, -0.25) is 4.72 Å². The number of sulfonamides is 1. The summed E-state index contributed by atoms with van der Waals surface area (Å²) < 4.78 is 31.8. The molecule has 0 saturated heterocycles. The van der Waals surface area contributed by atoms with Crippen LogP contribution in [0.2, 0.25) is 5.02 Å². The maximum Gasteiger partial charge on any atom is 0.235 e. The molecule has 0 aromatic heterocycles. The molecule has 1 rings (SSSR count). The highest BCUT2D eigenvalue weighted by atomic mass is 79.9. The van der Waals surface area contributed by atoms with Crippen molar-refractivity contribution in [3.05, 3.63) is 27.7 Å². The summed E-state index contributed by atoms with van der Waals surface area (Å²) in [5, 5.41) is 0.452. The van der Waals surface area contributed by atoms with E-state index in [9.17, 15) is 8.42 Å². The molecule has 4 nitrogen and oxygen atoms in total. The number of ether oxygens (including phenoxy) is 1. The minimum atomic E-state index is -3.41. The summed E-state index contributed by atoms with van der Waals surface area (Å²) >= 11 is 9.12. The predicted molar refractivity (Wildman–Crippen MR) is 77.6 cm³/mol. The fourth-order valence-electron chi connectivity index (χ4n) is 1.18. The molecule has 7 heteroatoms. The second-order valence-electron chi connectivity index (χ2n) is 3.97. The lowest BCUT2D eigenvalue weighted by Gasteiger charge is -2.10. The number of benzene rings is 1. The summed E-state index contributed by atoms with van der Waals surface area (Å²) in [6.07, 6.45) is 0.0160. The Hall–Kier alpha value is -0.300. The molecule has 1 aromatic carbocycles. The Bertz CT molecular complexity index is 505. The molecule has 0 unspecified atom stereocenters. The van der Waals surface area contributed by atoms with Gasteiger partial charge < -0.3 is 4.74 Å². The molecule has 1 N–H and O–H groups in total. The zero-order chi connectivity index (χ0) is 13.8. The third-order valence-corrected chi connectivity index (χ3v) is 4.48. The number of halogens is 2. The van der Waals surface area contributed by atoms with Gasteiger partial charge in [-0.25, -0.2) is 8.42 Å². The Morgan fingerprint density at radius 3 is 2.67 bits per heavy atom. The standard InChI is InChI=1S/C11H15BrClNO3S/c1-8(2)17-5-6-18(15,16)14-9-3-4-10(12)11(13)7-9/h3-4,7-8,14H,5-6H2,1-2H3. The molecule has 1 aromatic rings. The predicted octanol–water partition coefficient (Wildman–Crippen LogP) is 3.27. The first-order valence-electron chi connectivity index (χ1n) is 5.37. The van der Waals surface area contributed by atoms with Crippen LogP contribution in [-0.2, 0) is 14.8 Å². The fourth-order valence-corrected chi connectivity index (χ4v) is 2.51. The van der Waals surface area contributed by atoms with Gasteiger partial charge in [-0.05, 0) is 48.0 Å². The van der Waals surface area contributed by atoms with Crippen LogP contribution in [-0.4, -0.2) is 26.9 Å². The number of hydrogen-bond donors (Lipinski definition) is 1. The van der Waals surface area contributed by atoms with Crippen molar-refractivity contribution < 1.29 is 13.2 Å². The van der Waals surface area contributed by atoms with Crippen molar-refractivity contribution in [1.29, 1.82) is 0 Å². The summed E-state index contributed by atoms with van der Waals surface area (Å²) in [7, 11) is -3.41. The Labute approximate surface area is 121 Å². The van der Waals surface area contributed by atoms with Crippen LogP contribution in [0.5, 0.6) is 0 Å². The van der Waals surface area contributed by atoms with Crippen LogP contribution in [0.25, 0.3) is 0 Å². The molecule has 18 heavy (non-hydrogen) atoms. The first kappa shape index (κ1) is 15.8. The lowest BCUT2D eigenvalue weighted by atomic mass is 10.3. The van der Waals surface area contributed by atoms with Crippen molar-refractivity contribution >= 4 is 43.2 Å². The molecule has 0 radical (unpaired) electrons. The maximum absolute atomic E-state index is 11.7. The van der Waals surface area contributed by atoms with Gasteiger partial charge in [0.25, 0.3) is 0 Å². The van der Waals surface area contributed by atoms with Gasteiger partial charge in [0.05, 0.1) is 29.2 Å². The van der Waals surface area contributed by atoms with Crippen molar-refractivity contribution in [1.82, 2.24) is 0 Å².